The van der Waals surface area contributed by atoms with Gasteiger partial charge in [-0.05, 0) is 6.42 Å². The molecule has 0 heterocycles. The molecule has 0 bridgehead atoms. The number of carbonyl (C=O) groups excluding carboxylic acids is 1. The van der Waals surface area contributed by atoms with Crippen molar-refractivity contribution in [1.82, 2.24) is 10.6 Å². The molecule has 1 atom stereocenters. The van der Waals surface area contributed by atoms with Crippen LogP contribution in [0.25, 0.3) is 0 Å². The summed E-state index contributed by atoms with van der Waals surface area (Å²) >= 11 is 0. The molecule has 0 aromatic carbocycles. The van der Waals surface area contributed by atoms with Crippen molar-refractivity contribution in [3.05, 3.63) is 0 Å². The summed E-state index contributed by atoms with van der Waals surface area (Å²) < 4.78 is 0. The molecule has 0 saturated heterocycles. The smallest absolute Gasteiger partial charge is 0.328 e. The van der Waals surface area contributed by atoms with Crippen LogP contribution in [-0.2, 0) is 4.79 Å². The first kappa shape index (κ1) is 16.7. The molecular weight excluding hydrogens is 236 g/mol. The SMILES string of the molecule is CCCCCCCCNC(=O)N[C@@H](CO)C(=O)O. The second kappa shape index (κ2) is 10.8. The summed E-state index contributed by atoms with van der Waals surface area (Å²) in [5.41, 5.74) is 0. The Labute approximate surface area is 108 Å². The normalized spacial score (nSPS) is 11.9. The lowest BCUT2D eigenvalue weighted by atomic mass is 10.1. The molecule has 0 rings (SSSR count). The zero-order chi connectivity index (χ0) is 13.8. The molecule has 0 spiro atoms. The Kier molecular flexibility index (Phi) is 10.0. The van der Waals surface area contributed by atoms with Gasteiger partial charge in [0, 0.05) is 6.54 Å². The Morgan fingerprint density at radius 2 is 1.72 bits per heavy atom. The maximum atomic E-state index is 11.3. The van der Waals surface area contributed by atoms with E-state index in [1.54, 1.807) is 0 Å². The number of carbonyl (C=O) groups is 2. The summed E-state index contributed by atoms with van der Waals surface area (Å²) in [6, 6.07) is -1.79. The molecule has 4 N–H and O–H groups in total. The van der Waals surface area contributed by atoms with Crippen molar-refractivity contribution in [2.24, 2.45) is 0 Å². The molecule has 106 valence electrons. The summed E-state index contributed by atoms with van der Waals surface area (Å²) in [7, 11) is 0. The molecule has 0 aromatic heterocycles. The molecule has 0 aliphatic heterocycles. The van der Waals surface area contributed by atoms with E-state index < -0.39 is 24.6 Å². The van der Waals surface area contributed by atoms with Crippen molar-refractivity contribution in [2.45, 2.75) is 51.5 Å². The van der Waals surface area contributed by atoms with Gasteiger partial charge in [0.1, 0.15) is 0 Å². The van der Waals surface area contributed by atoms with E-state index in [1.807, 2.05) is 0 Å². The average Bonchev–Trinajstić information content (AvgIpc) is 2.34. The Morgan fingerprint density at radius 3 is 2.28 bits per heavy atom. The van der Waals surface area contributed by atoms with Gasteiger partial charge in [-0.1, -0.05) is 39.0 Å². The summed E-state index contributed by atoms with van der Waals surface area (Å²) in [5.74, 6) is -1.24. The topological polar surface area (TPSA) is 98.7 Å². The number of amides is 2. The Morgan fingerprint density at radius 1 is 1.11 bits per heavy atom. The molecule has 0 aliphatic carbocycles. The summed E-state index contributed by atoms with van der Waals surface area (Å²) in [6.07, 6.45) is 6.76. The van der Waals surface area contributed by atoms with E-state index in [-0.39, 0.29) is 0 Å². The third-order valence-electron chi connectivity index (χ3n) is 2.60. The second-order valence-corrected chi connectivity index (χ2v) is 4.24. The van der Waals surface area contributed by atoms with E-state index in [4.69, 9.17) is 10.2 Å². The predicted octanol–water partition coefficient (Wildman–Crippen LogP) is 1.09. The van der Waals surface area contributed by atoms with Gasteiger partial charge in [0.2, 0.25) is 0 Å². The molecule has 0 unspecified atom stereocenters. The third kappa shape index (κ3) is 8.81. The van der Waals surface area contributed by atoms with Crippen molar-refractivity contribution in [3.8, 4) is 0 Å². The lowest BCUT2D eigenvalue weighted by Crippen LogP contribution is -2.48. The number of hydrogen-bond acceptors (Lipinski definition) is 3. The first-order valence-corrected chi connectivity index (χ1v) is 6.49. The van der Waals surface area contributed by atoms with Gasteiger partial charge >= 0.3 is 12.0 Å². The minimum absolute atomic E-state index is 0.524. The first-order valence-electron chi connectivity index (χ1n) is 6.49. The van der Waals surface area contributed by atoms with Crippen LogP contribution >= 0.6 is 0 Å². The van der Waals surface area contributed by atoms with E-state index in [0.717, 1.165) is 19.3 Å². The number of rotatable bonds is 10. The van der Waals surface area contributed by atoms with Gasteiger partial charge in [-0.25, -0.2) is 9.59 Å². The van der Waals surface area contributed by atoms with Crippen molar-refractivity contribution in [2.75, 3.05) is 13.2 Å². The zero-order valence-corrected chi connectivity index (χ0v) is 10.9. The summed E-state index contributed by atoms with van der Waals surface area (Å²) in [4.78, 5) is 21.8. The van der Waals surface area contributed by atoms with E-state index in [1.165, 1.54) is 19.3 Å². The minimum atomic E-state index is -1.24. The van der Waals surface area contributed by atoms with E-state index >= 15 is 0 Å². The van der Waals surface area contributed by atoms with Crippen LogP contribution < -0.4 is 10.6 Å². The molecule has 0 aliphatic rings. The number of urea groups is 1. The van der Waals surface area contributed by atoms with Crippen LogP contribution in [0.1, 0.15) is 45.4 Å². The standard InChI is InChI=1S/C12H24N2O4/c1-2-3-4-5-6-7-8-13-12(18)14-10(9-15)11(16)17/h10,15H,2-9H2,1H3,(H,16,17)(H2,13,14,18)/t10-/m0/s1. The highest BCUT2D eigenvalue weighted by molar-refractivity contribution is 5.82. The molecule has 0 radical (unpaired) electrons. The highest BCUT2D eigenvalue weighted by Gasteiger charge is 2.17. The maximum Gasteiger partial charge on any atom is 0.328 e. The molecule has 0 fully saturated rings. The van der Waals surface area contributed by atoms with Crippen LogP contribution in [0, 0.1) is 0 Å². The Balaban J connectivity index is 3.50. The van der Waals surface area contributed by atoms with Crippen molar-refractivity contribution < 1.29 is 19.8 Å². The number of carboxylic acids is 1. The quantitative estimate of drug-likeness (QED) is 0.442. The number of aliphatic carboxylic acids is 1. The maximum absolute atomic E-state index is 11.3. The van der Waals surface area contributed by atoms with Crippen LogP contribution in [0.5, 0.6) is 0 Å². The van der Waals surface area contributed by atoms with E-state index in [2.05, 4.69) is 17.6 Å². The Hall–Kier alpha value is -1.30. The average molecular weight is 260 g/mol. The highest BCUT2D eigenvalue weighted by atomic mass is 16.4. The number of hydrogen-bond donors (Lipinski definition) is 4. The molecule has 2 amide bonds. The molecule has 0 aromatic rings. The van der Waals surface area contributed by atoms with Crippen LogP contribution in [0.15, 0.2) is 0 Å². The summed E-state index contributed by atoms with van der Waals surface area (Å²) in [5, 5.41) is 22.1. The highest BCUT2D eigenvalue weighted by Crippen LogP contribution is 2.03. The lowest BCUT2D eigenvalue weighted by Gasteiger charge is -2.12. The fourth-order valence-electron chi connectivity index (χ4n) is 1.50. The minimum Gasteiger partial charge on any atom is -0.480 e. The van der Waals surface area contributed by atoms with Crippen molar-refractivity contribution in [1.29, 1.82) is 0 Å². The van der Waals surface area contributed by atoms with Crippen LogP contribution in [0.2, 0.25) is 0 Å². The largest absolute Gasteiger partial charge is 0.480 e. The number of nitrogens with one attached hydrogen (secondary N) is 2. The molecule has 6 nitrogen and oxygen atoms in total. The second-order valence-electron chi connectivity index (χ2n) is 4.24. The predicted molar refractivity (Wildman–Crippen MR) is 68.4 cm³/mol. The monoisotopic (exact) mass is 260 g/mol. The Bertz CT molecular complexity index is 246. The van der Waals surface area contributed by atoms with Gasteiger partial charge in [0.25, 0.3) is 0 Å². The van der Waals surface area contributed by atoms with Gasteiger partial charge < -0.3 is 20.8 Å². The molecular formula is C12H24N2O4. The van der Waals surface area contributed by atoms with E-state index in [0.29, 0.717) is 6.54 Å². The van der Waals surface area contributed by atoms with Gasteiger partial charge in [-0.2, -0.15) is 0 Å². The summed E-state index contributed by atoms with van der Waals surface area (Å²) in [6.45, 7) is 2.07. The number of aliphatic hydroxyl groups excluding tert-OH is 1. The molecule has 18 heavy (non-hydrogen) atoms. The van der Waals surface area contributed by atoms with Crippen LogP contribution in [-0.4, -0.2) is 41.4 Å². The number of unbranched alkanes of at least 4 members (excludes halogenated alkanes) is 5. The molecule has 6 heteroatoms. The van der Waals surface area contributed by atoms with Crippen LogP contribution in [0.4, 0.5) is 4.79 Å². The van der Waals surface area contributed by atoms with Crippen molar-refractivity contribution >= 4 is 12.0 Å². The van der Waals surface area contributed by atoms with E-state index in [9.17, 15) is 9.59 Å². The van der Waals surface area contributed by atoms with Crippen molar-refractivity contribution in [3.63, 3.8) is 0 Å². The third-order valence-corrected chi connectivity index (χ3v) is 2.60. The fourth-order valence-corrected chi connectivity index (χ4v) is 1.50. The van der Waals surface area contributed by atoms with Gasteiger partial charge in [-0.3, -0.25) is 0 Å². The number of carboxylic acid groups (broad SMARTS) is 1. The van der Waals surface area contributed by atoms with Gasteiger partial charge in [0.15, 0.2) is 6.04 Å². The zero-order valence-electron chi connectivity index (χ0n) is 10.9. The lowest BCUT2D eigenvalue weighted by molar-refractivity contribution is -0.140. The molecule has 0 saturated carbocycles. The first-order chi connectivity index (χ1) is 8.61. The number of aliphatic hydroxyl groups is 1. The van der Waals surface area contributed by atoms with Gasteiger partial charge in [0.05, 0.1) is 6.61 Å². The van der Waals surface area contributed by atoms with Gasteiger partial charge in [-0.15, -0.1) is 0 Å². The fraction of sp³-hybridized carbons (Fsp3) is 0.833. The van der Waals surface area contributed by atoms with Crippen LogP contribution in [0.3, 0.4) is 0 Å².